The lowest BCUT2D eigenvalue weighted by Gasteiger charge is -2.17. The highest BCUT2D eigenvalue weighted by Gasteiger charge is 2.32. The molecular formula is C27H23FN2O5. The van der Waals surface area contributed by atoms with Gasteiger partial charge in [-0.05, 0) is 49.2 Å². The Bertz CT molecular complexity index is 1460. The molecule has 35 heavy (non-hydrogen) atoms. The third kappa shape index (κ3) is 3.84. The number of nitrogens with zero attached hydrogens (tertiary/aromatic N) is 2. The normalized spacial score (nSPS) is 18.2. The van der Waals surface area contributed by atoms with Crippen molar-refractivity contribution in [2.75, 3.05) is 6.61 Å². The maximum atomic E-state index is 14.9. The van der Waals surface area contributed by atoms with Crippen molar-refractivity contribution in [2.45, 2.75) is 31.3 Å². The maximum absolute atomic E-state index is 14.9. The van der Waals surface area contributed by atoms with Crippen LogP contribution in [0.2, 0.25) is 0 Å². The van der Waals surface area contributed by atoms with Gasteiger partial charge in [0.2, 0.25) is 0 Å². The van der Waals surface area contributed by atoms with Crippen LogP contribution >= 0.6 is 0 Å². The molecule has 1 aromatic heterocycles. The molecule has 0 fully saturated rings. The Hall–Kier alpha value is -4.07. The molecule has 1 aliphatic heterocycles. The van der Waals surface area contributed by atoms with Crippen LogP contribution in [-0.2, 0) is 18.3 Å². The molecule has 0 amide bonds. The molecule has 1 N–H and O–H groups in total. The fraction of sp³-hybridized carbons (Fsp3) is 0.259. The lowest BCUT2D eigenvalue weighted by atomic mass is 9.98. The van der Waals surface area contributed by atoms with Gasteiger partial charge in [0.25, 0.3) is 0 Å². The number of carbonyl (C=O) groups is 1. The Balaban J connectivity index is 1.24. The van der Waals surface area contributed by atoms with Crippen molar-refractivity contribution in [3.8, 4) is 23.0 Å². The first kappa shape index (κ1) is 21.5. The largest absolute Gasteiger partial charge is 0.492 e. The van der Waals surface area contributed by atoms with E-state index >= 15 is 0 Å². The molecular weight excluding hydrogens is 451 g/mol. The van der Waals surface area contributed by atoms with Crippen LogP contribution in [0.1, 0.15) is 41.6 Å². The summed E-state index contributed by atoms with van der Waals surface area (Å²) < 4.78 is 34.8. The van der Waals surface area contributed by atoms with Gasteiger partial charge in [0.05, 0.1) is 24.7 Å². The van der Waals surface area contributed by atoms with Gasteiger partial charge in [-0.25, -0.2) is 4.39 Å². The molecule has 1 unspecified atom stereocenters. The number of fused-ring (bicyclic) bond motifs is 3. The summed E-state index contributed by atoms with van der Waals surface area (Å²) in [5.41, 5.74) is 3.18. The van der Waals surface area contributed by atoms with Crippen LogP contribution in [0.25, 0.3) is 10.9 Å². The van der Waals surface area contributed by atoms with Crippen LogP contribution < -0.4 is 14.2 Å². The summed E-state index contributed by atoms with van der Waals surface area (Å²) in [4.78, 5) is 11.1. The summed E-state index contributed by atoms with van der Waals surface area (Å²) in [6, 6.07) is 14.2. The summed E-state index contributed by atoms with van der Waals surface area (Å²) in [5.74, 6) is 1.10. The van der Waals surface area contributed by atoms with E-state index in [-0.39, 0.29) is 18.2 Å². The molecule has 1 aliphatic carbocycles. The van der Waals surface area contributed by atoms with Crippen molar-refractivity contribution in [1.82, 2.24) is 9.78 Å². The zero-order chi connectivity index (χ0) is 24.1. The average molecular weight is 474 g/mol. The number of rotatable bonds is 6. The molecule has 0 saturated heterocycles. The van der Waals surface area contributed by atoms with E-state index in [0.717, 1.165) is 22.0 Å². The minimum atomic E-state index is -0.858. The Labute approximate surface area is 200 Å². The number of halogens is 1. The smallest absolute Gasteiger partial charge is 0.304 e. The molecule has 3 aromatic carbocycles. The maximum Gasteiger partial charge on any atom is 0.304 e. The molecule has 0 radical (unpaired) electrons. The SMILES string of the molecule is Cn1ncc2cc(Oc3ccc(F)c4c3CC[C@H]4Oc3ccc4c(c3)OCC4CC(=O)O)ccc21. The second-order valence-electron chi connectivity index (χ2n) is 8.98. The van der Waals surface area contributed by atoms with Crippen LogP contribution in [0.5, 0.6) is 23.0 Å². The lowest BCUT2D eigenvalue weighted by Crippen LogP contribution is -2.07. The molecule has 8 heteroatoms. The van der Waals surface area contributed by atoms with Gasteiger partial charge < -0.3 is 19.3 Å². The summed E-state index contributed by atoms with van der Waals surface area (Å²) in [6.45, 7) is 0.331. The van der Waals surface area contributed by atoms with E-state index in [1.807, 2.05) is 31.3 Å². The topological polar surface area (TPSA) is 82.8 Å². The highest BCUT2D eigenvalue weighted by atomic mass is 19.1. The van der Waals surface area contributed by atoms with Crippen LogP contribution in [-0.4, -0.2) is 27.5 Å². The number of benzene rings is 3. The van der Waals surface area contributed by atoms with E-state index in [1.54, 1.807) is 29.1 Å². The Morgan fingerprint density at radius 2 is 2.06 bits per heavy atom. The molecule has 0 bridgehead atoms. The van der Waals surface area contributed by atoms with Crippen LogP contribution in [0.3, 0.4) is 0 Å². The number of aliphatic carboxylic acids is 1. The molecule has 7 nitrogen and oxygen atoms in total. The molecule has 2 atom stereocenters. The van der Waals surface area contributed by atoms with Crippen molar-refractivity contribution in [2.24, 2.45) is 7.05 Å². The third-order valence-corrected chi connectivity index (χ3v) is 6.75. The number of hydrogen-bond acceptors (Lipinski definition) is 5. The van der Waals surface area contributed by atoms with E-state index in [0.29, 0.717) is 48.0 Å². The molecule has 2 aliphatic rings. The minimum Gasteiger partial charge on any atom is -0.492 e. The molecule has 0 spiro atoms. The van der Waals surface area contributed by atoms with Gasteiger partial charge in [0.15, 0.2) is 0 Å². The monoisotopic (exact) mass is 474 g/mol. The Morgan fingerprint density at radius 1 is 1.20 bits per heavy atom. The average Bonchev–Trinajstić information content (AvgIpc) is 3.54. The van der Waals surface area contributed by atoms with Crippen molar-refractivity contribution >= 4 is 16.9 Å². The number of carboxylic acid groups (broad SMARTS) is 1. The molecule has 2 heterocycles. The summed E-state index contributed by atoms with van der Waals surface area (Å²) in [6.07, 6.45) is 2.60. The van der Waals surface area contributed by atoms with Crippen molar-refractivity contribution < 1.29 is 28.5 Å². The number of carboxylic acids is 1. The second kappa shape index (κ2) is 8.30. The minimum absolute atomic E-state index is 0.0188. The van der Waals surface area contributed by atoms with Gasteiger partial charge in [-0.2, -0.15) is 5.10 Å². The lowest BCUT2D eigenvalue weighted by molar-refractivity contribution is -0.137. The van der Waals surface area contributed by atoms with E-state index < -0.39 is 12.1 Å². The zero-order valence-corrected chi connectivity index (χ0v) is 19.0. The summed E-state index contributed by atoms with van der Waals surface area (Å²) in [5, 5.41) is 14.3. The predicted octanol–water partition coefficient (Wildman–Crippen LogP) is 5.52. The predicted molar refractivity (Wildman–Crippen MR) is 126 cm³/mol. The van der Waals surface area contributed by atoms with E-state index in [1.165, 1.54) is 6.07 Å². The zero-order valence-electron chi connectivity index (χ0n) is 19.0. The summed E-state index contributed by atoms with van der Waals surface area (Å²) in [7, 11) is 1.89. The number of aryl methyl sites for hydroxylation is 1. The van der Waals surface area contributed by atoms with Crippen LogP contribution in [0.4, 0.5) is 4.39 Å². The first-order chi connectivity index (χ1) is 17.0. The van der Waals surface area contributed by atoms with Crippen LogP contribution in [0, 0.1) is 5.82 Å². The number of ether oxygens (including phenoxy) is 3. The first-order valence-electron chi connectivity index (χ1n) is 11.5. The second-order valence-corrected chi connectivity index (χ2v) is 8.98. The van der Waals surface area contributed by atoms with Gasteiger partial charge in [-0.1, -0.05) is 6.07 Å². The van der Waals surface area contributed by atoms with Gasteiger partial charge >= 0.3 is 5.97 Å². The fourth-order valence-electron chi connectivity index (χ4n) is 5.06. The molecule has 4 aromatic rings. The highest BCUT2D eigenvalue weighted by Crippen LogP contribution is 2.44. The van der Waals surface area contributed by atoms with E-state index in [9.17, 15) is 9.18 Å². The quantitative estimate of drug-likeness (QED) is 0.396. The molecule has 6 rings (SSSR count). The van der Waals surface area contributed by atoms with E-state index in [2.05, 4.69) is 5.10 Å². The number of aromatic nitrogens is 2. The van der Waals surface area contributed by atoms with E-state index in [4.69, 9.17) is 19.3 Å². The van der Waals surface area contributed by atoms with Crippen molar-refractivity contribution in [1.29, 1.82) is 0 Å². The Kier molecular flexibility index (Phi) is 5.09. The summed E-state index contributed by atoms with van der Waals surface area (Å²) >= 11 is 0. The van der Waals surface area contributed by atoms with Crippen LogP contribution in [0.15, 0.2) is 54.7 Å². The molecule has 0 saturated carbocycles. The van der Waals surface area contributed by atoms with Crippen molar-refractivity contribution in [3.63, 3.8) is 0 Å². The van der Waals surface area contributed by atoms with Gasteiger partial charge in [0.1, 0.15) is 34.9 Å². The number of hydrogen-bond donors (Lipinski definition) is 1. The van der Waals surface area contributed by atoms with Gasteiger partial charge in [-0.3, -0.25) is 9.48 Å². The van der Waals surface area contributed by atoms with Gasteiger partial charge in [-0.15, -0.1) is 0 Å². The highest BCUT2D eigenvalue weighted by molar-refractivity contribution is 5.80. The third-order valence-electron chi connectivity index (χ3n) is 6.75. The van der Waals surface area contributed by atoms with Gasteiger partial charge in [0, 0.05) is 41.1 Å². The van der Waals surface area contributed by atoms with Crippen molar-refractivity contribution in [3.05, 3.63) is 77.2 Å². The fourth-order valence-corrected chi connectivity index (χ4v) is 5.06. The standard InChI is InChI=1S/C27H23FN2O5/c1-30-22-7-3-17(10-15(22)13-29-30)34-23-9-6-21(28)27-20(23)5-8-24(27)35-18-2-4-19-16(11-26(31)32)14-33-25(19)12-18/h2-4,6-7,9-10,12-13,16,24H,5,8,11,14H2,1H3,(H,31,32)/t16?,24-/m1/s1. The first-order valence-corrected chi connectivity index (χ1v) is 11.5. The Morgan fingerprint density at radius 3 is 2.91 bits per heavy atom. The molecule has 178 valence electrons.